The molecule has 0 aliphatic heterocycles. The van der Waals surface area contributed by atoms with E-state index in [1.54, 1.807) is 11.3 Å². The molecule has 2 rings (SSSR count). The van der Waals surface area contributed by atoms with Gasteiger partial charge in [-0.05, 0) is 17.9 Å². The fraction of sp³-hybridized carbons (Fsp3) is 0.417. The van der Waals surface area contributed by atoms with Crippen molar-refractivity contribution in [1.82, 2.24) is 5.16 Å². The van der Waals surface area contributed by atoms with Crippen LogP contribution in [0, 0.1) is 0 Å². The van der Waals surface area contributed by atoms with Gasteiger partial charge in [-0.1, -0.05) is 31.5 Å². The van der Waals surface area contributed by atoms with Gasteiger partial charge in [0.15, 0.2) is 0 Å². The second kappa shape index (κ2) is 4.70. The lowest BCUT2D eigenvalue weighted by molar-refractivity contribution is 0.419. The second-order valence-corrected chi connectivity index (χ2v) is 4.92. The van der Waals surface area contributed by atoms with Crippen LogP contribution in [0.2, 0.25) is 0 Å². The third kappa shape index (κ3) is 1.97. The van der Waals surface area contributed by atoms with Gasteiger partial charge in [-0.3, -0.25) is 0 Å². The van der Waals surface area contributed by atoms with E-state index in [1.165, 1.54) is 0 Å². The number of nitrogens with two attached hydrogens (primary N) is 1. The van der Waals surface area contributed by atoms with Crippen molar-refractivity contribution >= 4 is 17.2 Å². The van der Waals surface area contributed by atoms with E-state index in [0.717, 1.165) is 29.0 Å². The Morgan fingerprint density at radius 1 is 1.56 bits per heavy atom. The summed E-state index contributed by atoms with van der Waals surface area (Å²) in [6, 6.07) is 4.07. The Labute approximate surface area is 99.3 Å². The third-order valence-corrected chi connectivity index (χ3v) is 3.59. The molecule has 1 unspecified atom stereocenters. The van der Waals surface area contributed by atoms with Crippen molar-refractivity contribution in [3.05, 3.63) is 23.2 Å². The van der Waals surface area contributed by atoms with Crippen molar-refractivity contribution in [2.45, 2.75) is 32.6 Å². The molecule has 0 radical (unpaired) electrons. The largest absolute Gasteiger partial charge is 0.367 e. The summed E-state index contributed by atoms with van der Waals surface area (Å²) in [7, 11) is 0. The van der Waals surface area contributed by atoms with Crippen LogP contribution >= 0.6 is 11.3 Å². The average Bonchev–Trinajstić information content (AvgIpc) is 2.86. The number of thiophene rings is 1. The molecule has 0 amide bonds. The molecule has 0 aliphatic carbocycles. The highest BCUT2D eigenvalue weighted by Gasteiger charge is 2.20. The quantitative estimate of drug-likeness (QED) is 0.876. The van der Waals surface area contributed by atoms with E-state index in [9.17, 15) is 0 Å². The summed E-state index contributed by atoms with van der Waals surface area (Å²) in [5, 5.41) is 6.13. The van der Waals surface area contributed by atoms with Crippen molar-refractivity contribution < 1.29 is 4.52 Å². The van der Waals surface area contributed by atoms with Gasteiger partial charge < -0.3 is 10.3 Å². The van der Waals surface area contributed by atoms with Crippen LogP contribution in [-0.2, 0) is 0 Å². The van der Waals surface area contributed by atoms with Gasteiger partial charge >= 0.3 is 0 Å². The Hall–Kier alpha value is -1.29. The topological polar surface area (TPSA) is 52.0 Å². The van der Waals surface area contributed by atoms with Crippen LogP contribution in [0.25, 0.3) is 10.4 Å². The summed E-state index contributed by atoms with van der Waals surface area (Å²) in [6.07, 6.45) is 2.24. The molecule has 0 aliphatic rings. The Bertz CT molecular complexity index is 448. The Balaban J connectivity index is 2.40. The molecule has 0 saturated carbocycles. The van der Waals surface area contributed by atoms with Crippen molar-refractivity contribution in [1.29, 1.82) is 0 Å². The number of hydrogen-bond acceptors (Lipinski definition) is 4. The normalized spacial score (nSPS) is 12.9. The Morgan fingerprint density at radius 3 is 3.00 bits per heavy atom. The molecule has 3 nitrogen and oxygen atoms in total. The third-order valence-electron chi connectivity index (χ3n) is 2.70. The van der Waals surface area contributed by atoms with Gasteiger partial charge in [0.05, 0.1) is 11.3 Å². The molecule has 0 aromatic carbocycles. The zero-order valence-corrected chi connectivity index (χ0v) is 10.4. The summed E-state index contributed by atoms with van der Waals surface area (Å²) >= 11 is 1.66. The first-order valence-corrected chi connectivity index (χ1v) is 6.41. The van der Waals surface area contributed by atoms with Crippen LogP contribution in [0.4, 0.5) is 5.88 Å². The molecule has 2 N–H and O–H groups in total. The van der Waals surface area contributed by atoms with E-state index in [1.807, 2.05) is 11.4 Å². The van der Waals surface area contributed by atoms with Gasteiger partial charge in [0.2, 0.25) is 5.88 Å². The number of hydrogen-bond donors (Lipinski definition) is 1. The minimum Gasteiger partial charge on any atom is -0.367 e. The maximum Gasteiger partial charge on any atom is 0.231 e. The predicted molar refractivity (Wildman–Crippen MR) is 67.6 cm³/mol. The fourth-order valence-corrected chi connectivity index (χ4v) is 2.67. The molecule has 2 aromatic rings. The highest BCUT2D eigenvalue weighted by atomic mass is 32.1. The monoisotopic (exact) mass is 236 g/mol. The molecular formula is C12H16N2OS. The maximum atomic E-state index is 5.84. The van der Waals surface area contributed by atoms with Crippen LogP contribution in [0.1, 0.15) is 38.3 Å². The first kappa shape index (κ1) is 11.2. The maximum absolute atomic E-state index is 5.84. The van der Waals surface area contributed by atoms with Gasteiger partial charge in [0.1, 0.15) is 0 Å². The molecular weight excluding hydrogens is 220 g/mol. The van der Waals surface area contributed by atoms with Crippen molar-refractivity contribution in [2.75, 3.05) is 5.73 Å². The highest BCUT2D eigenvalue weighted by molar-refractivity contribution is 7.13. The van der Waals surface area contributed by atoms with Gasteiger partial charge in [0, 0.05) is 10.8 Å². The van der Waals surface area contributed by atoms with Crippen molar-refractivity contribution in [3.63, 3.8) is 0 Å². The number of nitrogen functional groups attached to an aromatic ring is 1. The molecule has 86 valence electrons. The van der Waals surface area contributed by atoms with Gasteiger partial charge in [0.25, 0.3) is 0 Å². The predicted octanol–water partition coefficient (Wildman–Crippen LogP) is 3.89. The van der Waals surface area contributed by atoms with E-state index < -0.39 is 0 Å². The van der Waals surface area contributed by atoms with Gasteiger partial charge in [-0.2, -0.15) is 0 Å². The minimum absolute atomic E-state index is 0.392. The van der Waals surface area contributed by atoms with Crippen LogP contribution in [0.5, 0.6) is 0 Å². The molecule has 4 heteroatoms. The molecule has 0 fully saturated rings. The van der Waals surface area contributed by atoms with Crippen molar-refractivity contribution in [3.8, 4) is 10.4 Å². The molecule has 2 aromatic heterocycles. The van der Waals surface area contributed by atoms with Gasteiger partial charge in [-0.25, -0.2) is 0 Å². The number of rotatable bonds is 4. The summed E-state index contributed by atoms with van der Waals surface area (Å²) in [6.45, 7) is 4.34. The van der Waals surface area contributed by atoms with E-state index in [4.69, 9.17) is 10.3 Å². The van der Waals surface area contributed by atoms with E-state index in [0.29, 0.717) is 11.8 Å². The highest BCUT2D eigenvalue weighted by Crippen LogP contribution is 2.37. The van der Waals surface area contributed by atoms with Gasteiger partial charge in [-0.15, -0.1) is 11.3 Å². The summed E-state index contributed by atoms with van der Waals surface area (Å²) in [4.78, 5) is 1.14. The molecule has 0 bridgehead atoms. The smallest absolute Gasteiger partial charge is 0.231 e. The molecule has 1 atom stereocenters. The zero-order chi connectivity index (χ0) is 11.5. The molecule has 0 saturated heterocycles. The molecule has 2 heterocycles. The minimum atomic E-state index is 0.392. The average molecular weight is 236 g/mol. The first-order valence-electron chi connectivity index (χ1n) is 5.53. The van der Waals surface area contributed by atoms with E-state index in [-0.39, 0.29) is 0 Å². The lowest BCUT2D eigenvalue weighted by Crippen LogP contribution is -1.96. The number of anilines is 1. The summed E-state index contributed by atoms with van der Waals surface area (Å²) in [5.41, 5.74) is 7.81. The summed E-state index contributed by atoms with van der Waals surface area (Å²) < 4.78 is 5.12. The van der Waals surface area contributed by atoms with E-state index >= 15 is 0 Å². The molecule has 0 spiro atoms. The second-order valence-electron chi connectivity index (χ2n) is 3.97. The number of nitrogens with zero attached hydrogens (tertiary/aromatic N) is 1. The SMILES string of the molecule is CCCC(C)c1noc(N)c1-c1cccs1. The van der Waals surface area contributed by atoms with Crippen LogP contribution in [0.15, 0.2) is 22.0 Å². The van der Waals surface area contributed by atoms with Crippen LogP contribution in [-0.4, -0.2) is 5.16 Å². The summed E-state index contributed by atoms with van der Waals surface area (Å²) in [5.74, 6) is 0.823. The van der Waals surface area contributed by atoms with E-state index in [2.05, 4.69) is 25.1 Å². The Kier molecular flexibility index (Phi) is 3.29. The lowest BCUT2D eigenvalue weighted by atomic mass is 9.98. The fourth-order valence-electron chi connectivity index (χ4n) is 1.89. The van der Waals surface area contributed by atoms with Crippen molar-refractivity contribution in [2.24, 2.45) is 0 Å². The van der Waals surface area contributed by atoms with Crippen LogP contribution in [0.3, 0.4) is 0 Å². The zero-order valence-electron chi connectivity index (χ0n) is 9.56. The Morgan fingerprint density at radius 2 is 2.38 bits per heavy atom. The van der Waals surface area contributed by atoms with Crippen LogP contribution < -0.4 is 5.73 Å². The first-order chi connectivity index (χ1) is 7.74. The molecule has 16 heavy (non-hydrogen) atoms. The lowest BCUT2D eigenvalue weighted by Gasteiger charge is -2.07. The number of aromatic nitrogens is 1. The standard InChI is InChI=1S/C12H16N2OS/c1-3-5-8(2)11-10(12(13)15-14-11)9-6-4-7-16-9/h4,6-8H,3,5,13H2,1-2H3.